The van der Waals surface area contributed by atoms with Gasteiger partial charge in [-0.2, -0.15) is 0 Å². The Morgan fingerprint density at radius 1 is 1.03 bits per heavy atom. The summed E-state index contributed by atoms with van der Waals surface area (Å²) in [6.45, 7) is 1.74. The Balaban J connectivity index is 1.35. The summed E-state index contributed by atoms with van der Waals surface area (Å²) >= 11 is 6.18. The summed E-state index contributed by atoms with van der Waals surface area (Å²) in [5, 5.41) is 0.594. The number of nitrogens with zero attached hydrogens (tertiary/aromatic N) is 3. The maximum Gasteiger partial charge on any atom is 0.227 e. The SMILES string of the molecule is O=C1CC(c2nc3ccccc3n2CCCOc2ccccc2Cl)CN1c1ccc(F)cc1. The molecule has 1 aromatic heterocycles. The standard InChI is InChI=1S/C26H23ClFN3O2/c27-21-6-1-4-9-24(21)33-15-5-14-30-23-8-3-2-7-22(23)29-26(30)18-16-25(32)31(17-18)20-12-10-19(28)11-13-20/h1-4,6-13,18H,5,14-17H2. The van der Waals surface area contributed by atoms with Crippen LogP contribution >= 0.6 is 11.6 Å². The van der Waals surface area contributed by atoms with Crippen LogP contribution < -0.4 is 9.64 Å². The topological polar surface area (TPSA) is 47.4 Å². The van der Waals surface area contributed by atoms with Crippen molar-refractivity contribution >= 4 is 34.2 Å². The molecular formula is C26H23ClFN3O2. The third-order valence-corrected chi connectivity index (χ3v) is 6.25. The second kappa shape index (κ2) is 9.24. The quantitative estimate of drug-likeness (QED) is 0.324. The first-order valence-electron chi connectivity index (χ1n) is 11.0. The number of ether oxygens (including phenoxy) is 1. The fourth-order valence-corrected chi connectivity index (χ4v) is 4.55. The van der Waals surface area contributed by atoms with Gasteiger partial charge in [0.15, 0.2) is 0 Å². The molecule has 2 heterocycles. The molecule has 1 aliphatic heterocycles. The Bertz CT molecular complexity index is 1290. The van der Waals surface area contributed by atoms with Crippen molar-refractivity contribution in [2.45, 2.75) is 25.3 Å². The number of hydrogen-bond donors (Lipinski definition) is 0. The van der Waals surface area contributed by atoms with Gasteiger partial charge in [0.25, 0.3) is 0 Å². The molecule has 1 fully saturated rings. The molecule has 1 amide bonds. The smallest absolute Gasteiger partial charge is 0.227 e. The van der Waals surface area contributed by atoms with Crippen LogP contribution in [-0.4, -0.2) is 28.6 Å². The number of para-hydroxylation sites is 3. The minimum atomic E-state index is -0.317. The maximum atomic E-state index is 13.3. The number of amides is 1. The monoisotopic (exact) mass is 463 g/mol. The minimum Gasteiger partial charge on any atom is -0.492 e. The lowest BCUT2D eigenvalue weighted by atomic mass is 10.1. The summed E-state index contributed by atoms with van der Waals surface area (Å²) in [5.74, 6) is 1.23. The average Bonchev–Trinajstić information content (AvgIpc) is 3.39. The van der Waals surface area contributed by atoms with E-state index in [2.05, 4.69) is 10.6 Å². The summed E-state index contributed by atoms with van der Waals surface area (Å²) in [7, 11) is 0. The zero-order valence-electron chi connectivity index (χ0n) is 18.0. The molecule has 0 aliphatic carbocycles. The summed E-state index contributed by atoms with van der Waals surface area (Å²) in [4.78, 5) is 19.4. The van der Waals surface area contributed by atoms with E-state index in [0.29, 0.717) is 42.6 Å². The number of hydrogen-bond acceptors (Lipinski definition) is 3. The van der Waals surface area contributed by atoms with Gasteiger partial charge < -0.3 is 14.2 Å². The average molecular weight is 464 g/mol. The van der Waals surface area contributed by atoms with Crippen molar-refractivity contribution in [2.24, 2.45) is 0 Å². The zero-order chi connectivity index (χ0) is 22.8. The highest BCUT2D eigenvalue weighted by Gasteiger charge is 2.34. The lowest BCUT2D eigenvalue weighted by molar-refractivity contribution is -0.117. The predicted molar refractivity (Wildman–Crippen MR) is 127 cm³/mol. The Kier molecular flexibility index (Phi) is 6.01. The molecule has 0 radical (unpaired) electrons. The fourth-order valence-electron chi connectivity index (χ4n) is 4.36. The Labute approximate surface area is 196 Å². The van der Waals surface area contributed by atoms with Crippen LogP contribution in [0.15, 0.2) is 72.8 Å². The van der Waals surface area contributed by atoms with Gasteiger partial charge in [-0.3, -0.25) is 4.79 Å². The number of aromatic nitrogens is 2. The van der Waals surface area contributed by atoms with Gasteiger partial charge in [0, 0.05) is 31.1 Å². The molecule has 168 valence electrons. The number of carbonyl (C=O) groups excluding carboxylic acids is 1. The van der Waals surface area contributed by atoms with Gasteiger partial charge in [-0.15, -0.1) is 0 Å². The lowest BCUT2D eigenvalue weighted by Gasteiger charge is -2.17. The summed E-state index contributed by atoms with van der Waals surface area (Å²) < 4.78 is 21.4. The van der Waals surface area contributed by atoms with Gasteiger partial charge in [0.1, 0.15) is 17.4 Å². The number of aryl methyl sites for hydroxylation is 1. The third kappa shape index (κ3) is 4.44. The Morgan fingerprint density at radius 2 is 1.79 bits per heavy atom. The number of halogens is 2. The molecule has 7 heteroatoms. The molecule has 5 nitrogen and oxygen atoms in total. The molecule has 0 N–H and O–H groups in total. The van der Waals surface area contributed by atoms with E-state index in [1.165, 1.54) is 12.1 Å². The Hall–Kier alpha value is -3.38. The van der Waals surface area contributed by atoms with E-state index in [-0.39, 0.29) is 17.6 Å². The third-order valence-electron chi connectivity index (χ3n) is 5.93. The van der Waals surface area contributed by atoms with Crippen LogP contribution in [0.4, 0.5) is 10.1 Å². The molecule has 0 bridgehead atoms. The van der Waals surface area contributed by atoms with E-state index in [0.717, 1.165) is 23.3 Å². The van der Waals surface area contributed by atoms with Crippen molar-refractivity contribution in [3.05, 3.63) is 89.5 Å². The predicted octanol–water partition coefficient (Wildman–Crippen LogP) is 5.82. The van der Waals surface area contributed by atoms with Gasteiger partial charge in [0.2, 0.25) is 5.91 Å². The van der Waals surface area contributed by atoms with Crippen molar-refractivity contribution in [2.75, 3.05) is 18.1 Å². The molecule has 1 atom stereocenters. The summed E-state index contributed by atoms with van der Waals surface area (Å²) in [6.07, 6.45) is 1.14. The molecule has 1 unspecified atom stereocenters. The highest BCUT2D eigenvalue weighted by atomic mass is 35.5. The molecule has 4 aromatic rings. The summed E-state index contributed by atoms with van der Waals surface area (Å²) in [5.41, 5.74) is 2.66. The van der Waals surface area contributed by atoms with Crippen molar-refractivity contribution in [3.8, 4) is 5.75 Å². The minimum absolute atomic E-state index is 0.0206. The first-order chi connectivity index (χ1) is 16.1. The Morgan fingerprint density at radius 3 is 2.61 bits per heavy atom. The van der Waals surface area contributed by atoms with Crippen molar-refractivity contribution in [1.82, 2.24) is 9.55 Å². The van der Waals surface area contributed by atoms with Gasteiger partial charge in [-0.1, -0.05) is 35.9 Å². The molecule has 1 saturated heterocycles. The van der Waals surface area contributed by atoms with E-state index in [1.54, 1.807) is 17.0 Å². The van der Waals surface area contributed by atoms with Crippen LogP contribution in [0.1, 0.15) is 24.6 Å². The van der Waals surface area contributed by atoms with E-state index in [1.807, 2.05) is 42.5 Å². The van der Waals surface area contributed by atoms with Crippen LogP contribution in [0.25, 0.3) is 11.0 Å². The highest BCUT2D eigenvalue weighted by molar-refractivity contribution is 6.32. The lowest BCUT2D eigenvalue weighted by Crippen LogP contribution is -2.24. The van der Waals surface area contributed by atoms with E-state index in [9.17, 15) is 9.18 Å². The van der Waals surface area contributed by atoms with E-state index < -0.39 is 0 Å². The number of fused-ring (bicyclic) bond motifs is 1. The number of anilines is 1. The maximum absolute atomic E-state index is 13.3. The fraction of sp³-hybridized carbons (Fsp3) is 0.231. The van der Waals surface area contributed by atoms with E-state index in [4.69, 9.17) is 21.3 Å². The first kappa shape index (κ1) is 21.5. The molecule has 5 rings (SSSR count). The van der Waals surface area contributed by atoms with Crippen LogP contribution in [0, 0.1) is 5.82 Å². The molecule has 1 aliphatic rings. The normalized spacial score (nSPS) is 16.0. The number of rotatable bonds is 7. The molecule has 3 aromatic carbocycles. The van der Waals surface area contributed by atoms with Crippen molar-refractivity contribution in [3.63, 3.8) is 0 Å². The van der Waals surface area contributed by atoms with Gasteiger partial charge in [-0.25, -0.2) is 9.37 Å². The van der Waals surface area contributed by atoms with Crippen LogP contribution in [-0.2, 0) is 11.3 Å². The van der Waals surface area contributed by atoms with Gasteiger partial charge >= 0.3 is 0 Å². The largest absolute Gasteiger partial charge is 0.492 e. The van der Waals surface area contributed by atoms with E-state index >= 15 is 0 Å². The van der Waals surface area contributed by atoms with Crippen molar-refractivity contribution in [1.29, 1.82) is 0 Å². The zero-order valence-corrected chi connectivity index (χ0v) is 18.7. The number of carbonyl (C=O) groups is 1. The molecule has 33 heavy (non-hydrogen) atoms. The van der Waals surface area contributed by atoms with Gasteiger partial charge in [-0.05, 0) is 55.0 Å². The number of benzene rings is 3. The summed E-state index contributed by atoms with van der Waals surface area (Å²) in [6, 6.07) is 21.5. The van der Waals surface area contributed by atoms with Crippen LogP contribution in [0.3, 0.4) is 0 Å². The van der Waals surface area contributed by atoms with Crippen LogP contribution in [0.2, 0.25) is 5.02 Å². The number of imidazole rings is 1. The highest BCUT2D eigenvalue weighted by Crippen LogP contribution is 2.33. The molecule has 0 spiro atoms. The molecule has 0 saturated carbocycles. The molecular weight excluding hydrogens is 441 g/mol. The van der Waals surface area contributed by atoms with Gasteiger partial charge in [0.05, 0.1) is 22.7 Å². The van der Waals surface area contributed by atoms with Crippen molar-refractivity contribution < 1.29 is 13.9 Å². The second-order valence-corrected chi connectivity index (χ2v) is 8.53. The second-order valence-electron chi connectivity index (χ2n) is 8.12. The first-order valence-corrected chi connectivity index (χ1v) is 11.4. The van der Waals surface area contributed by atoms with Crippen LogP contribution in [0.5, 0.6) is 5.75 Å².